The van der Waals surface area contributed by atoms with Crippen molar-refractivity contribution in [3.63, 3.8) is 0 Å². The number of hydrogen-bond acceptors (Lipinski definition) is 43. The van der Waals surface area contributed by atoms with E-state index >= 15 is 0 Å². The van der Waals surface area contributed by atoms with Crippen LogP contribution in [0.4, 0.5) is 0 Å². The lowest BCUT2D eigenvalue weighted by molar-refractivity contribution is -0.398. The molecular formula is C53H88O43. The minimum Gasteiger partial charge on any atom is -0.463 e. The maximum absolute atomic E-state index is 12.1. The first kappa shape index (κ1) is 78.0. The molecule has 9 fully saturated rings. The highest BCUT2D eigenvalue weighted by molar-refractivity contribution is 5.65. The van der Waals surface area contributed by atoms with Gasteiger partial charge in [-0.1, -0.05) is 0 Å². The predicted molar refractivity (Wildman–Crippen MR) is 287 cm³/mol. The molecule has 42 atom stereocenters. The maximum atomic E-state index is 12.1. The van der Waals surface area contributed by atoms with Crippen LogP contribution in [-0.2, 0) is 90.1 Å². The first-order chi connectivity index (χ1) is 45.3. The SMILES string of the molecule is CC(=O)OC[C@H]1O[C@@H](O[C@H]2[C@@H](OC[C@H]3O[C@@H](O[C@H]4[C@H](O)[C@@H](O)C(O)O[C@@H]4CO)[C@H](O)[C@@H](O)[C@@H]3O[C@@H]3O[C@H](CO[C@H]4OC[C@@H](O)[C@H](O)[C@H]4O)[C@@H](O[C@@H]4O[C@H](CO[C@H]5OC[C@@H](O)[C@H](O)[C@H]5O)[C@@H](O)[C@H](O)[C@H]4O)[C@H](O)[C@H]3O)OC[C@@H](O)[C@@H]2O)[C@H](O[C@@H]2O[C@@H](C)[C@@H](O)[C@@H](O)[C@@H]2O)[C@@H](O)[C@H]1O. The van der Waals surface area contributed by atoms with Crippen LogP contribution in [0.15, 0.2) is 0 Å². The number of aliphatic hydroxyl groups is 24. The van der Waals surface area contributed by atoms with E-state index in [1.165, 1.54) is 6.92 Å². The predicted octanol–water partition coefficient (Wildman–Crippen LogP) is -17.1. The van der Waals surface area contributed by atoms with Crippen LogP contribution in [-0.4, -0.2) is 439 Å². The Balaban J connectivity index is 0.993. The summed E-state index contributed by atoms with van der Waals surface area (Å²) in [6, 6.07) is 0. The third kappa shape index (κ3) is 17.0. The lowest BCUT2D eigenvalue weighted by Gasteiger charge is -2.49. The summed E-state index contributed by atoms with van der Waals surface area (Å²) in [7, 11) is 0. The number of aliphatic hydroxyl groups excluding tert-OH is 24. The van der Waals surface area contributed by atoms with Crippen LogP contribution < -0.4 is 0 Å². The highest BCUT2D eigenvalue weighted by Gasteiger charge is 2.59. The third-order valence-electron chi connectivity index (χ3n) is 17.8. The van der Waals surface area contributed by atoms with Crippen molar-refractivity contribution in [2.45, 2.75) is 272 Å². The standard InChI is InChI=1S/C53H88O43/c1-11-21(59)27(65)36(74)48(86-11)95-44-29(67)26(64)17(7-79-12(2)55)89-53(44)96-43-24(62)15(58)6-82-52(43)85-10-20-42(31(69)38(76)50(91-20)92-40-16(3-54)87-45(78)33(71)30(40)68)94-51-39(77)32(70)41(19(90-51)9-84-47-35(73)23(61)14(57)5-81-47)93-49-37(75)28(66)25(63)18(88-49)8-83-46-34(72)22(60)13(56)4-80-46/h11,13-54,56-78H,3-10H2,1-2H3/t11-,13+,14+,15+,16+,17+,18+,19+,20+,21+,22-,23-,24-,25+,26-,27+,28-,29-,30+,31+,32+,33+,34+,35+,36-,37+,38+,39+,40+,41+,42+,43+,44+,45?,46+,47+,48-,49-,50-,51-,52+,53-/m0/s1. The summed E-state index contributed by atoms with van der Waals surface area (Å²) in [6.07, 6.45) is -83.5. The quantitative estimate of drug-likeness (QED) is 0.0448. The van der Waals surface area contributed by atoms with Gasteiger partial charge in [0, 0.05) is 6.92 Å². The molecule has 0 aromatic carbocycles. The zero-order valence-electron chi connectivity index (χ0n) is 50.9. The van der Waals surface area contributed by atoms with Gasteiger partial charge in [-0.05, 0) is 6.92 Å². The Bertz CT molecular complexity index is 2400. The van der Waals surface area contributed by atoms with E-state index < -0.39 is 317 Å². The molecule has 0 aromatic heterocycles. The van der Waals surface area contributed by atoms with Gasteiger partial charge in [-0.2, -0.15) is 0 Å². The van der Waals surface area contributed by atoms with E-state index in [-0.39, 0.29) is 0 Å². The van der Waals surface area contributed by atoms with Gasteiger partial charge in [0.25, 0.3) is 0 Å². The molecule has 9 saturated heterocycles. The highest BCUT2D eigenvalue weighted by atomic mass is 16.8. The Labute approximate surface area is 542 Å². The van der Waals surface area contributed by atoms with Crippen molar-refractivity contribution in [2.75, 3.05) is 52.9 Å². The Morgan fingerprint density at radius 3 is 1.15 bits per heavy atom. The van der Waals surface area contributed by atoms with Crippen molar-refractivity contribution in [3.8, 4) is 0 Å². The smallest absolute Gasteiger partial charge is 0.302 e. The molecule has 0 amide bonds. The molecule has 0 saturated carbocycles. The van der Waals surface area contributed by atoms with Crippen LogP contribution in [0.5, 0.6) is 0 Å². The van der Waals surface area contributed by atoms with Crippen LogP contribution in [0.3, 0.4) is 0 Å². The molecule has 9 aliphatic rings. The van der Waals surface area contributed by atoms with Gasteiger partial charge in [0.05, 0.1) is 52.4 Å². The van der Waals surface area contributed by atoms with Gasteiger partial charge in [0.2, 0.25) is 0 Å². The Morgan fingerprint density at radius 1 is 0.312 bits per heavy atom. The fraction of sp³-hybridized carbons (Fsp3) is 0.981. The number of rotatable bonds is 22. The summed E-state index contributed by atoms with van der Waals surface area (Å²) >= 11 is 0. The van der Waals surface area contributed by atoms with E-state index in [9.17, 15) is 127 Å². The monoisotopic (exact) mass is 1410 g/mol. The van der Waals surface area contributed by atoms with Crippen LogP contribution in [0.2, 0.25) is 0 Å². The number of carbonyl (C=O) groups excluding carboxylic acids is 1. The summed E-state index contributed by atoms with van der Waals surface area (Å²) in [6.45, 7) is -4.27. The summed E-state index contributed by atoms with van der Waals surface area (Å²) in [5.74, 6) is -0.885. The largest absolute Gasteiger partial charge is 0.463 e. The molecule has 43 heteroatoms. The van der Waals surface area contributed by atoms with Crippen molar-refractivity contribution in [2.24, 2.45) is 0 Å². The van der Waals surface area contributed by atoms with Gasteiger partial charge >= 0.3 is 5.97 Å². The second kappa shape index (κ2) is 33.5. The molecular weight excluding hydrogens is 1320 g/mol. The van der Waals surface area contributed by atoms with Crippen molar-refractivity contribution < 1.29 is 213 Å². The molecule has 0 aromatic rings. The molecule has 9 rings (SSSR count). The molecule has 96 heavy (non-hydrogen) atoms. The minimum absolute atomic E-state index is 0.516. The summed E-state index contributed by atoms with van der Waals surface area (Å²) in [5.41, 5.74) is 0. The Kier molecular flexibility index (Phi) is 27.2. The normalized spacial score (nSPS) is 53.0. The number of ether oxygens (including phenoxy) is 18. The second-order valence-electron chi connectivity index (χ2n) is 24.6. The fourth-order valence-corrected chi connectivity index (χ4v) is 11.9. The average molecular weight is 1410 g/mol. The highest BCUT2D eigenvalue weighted by Crippen LogP contribution is 2.38. The van der Waals surface area contributed by atoms with Gasteiger partial charge in [0.15, 0.2) is 56.6 Å². The van der Waals surface area contributed by atoms with E-state index in [4.69, 9.17) is 85.3 Å². The number of carbonyl (C=O) groups is 1. The maximum Gasteiger partial charge on any atom is 0.302 e. The van der Waals surface area contributed by atoms with Gasteiger partial charge in [-0.15, -0.1) is 0 Å². The van der Waals surface area contributed by atoms with E-state index in [0.29, 0.717) is 0 Å². The zero-order valence-corrected chi connectivity index (χ0v) is 50.9. The van der Waals surface area contributed by atoms with Gasteiger partial charge in [0.1, 0.15) is 202 Å². The summed E-state index contributed by atoms with van der Waals surface area (Å²) < 4.78 is 103. The second-order valence-corrected chi connectivity index (χ2v) is 24.6. The van der Waals surface area contributed by atoms with Gasteiger partial charge in [-0.3, -0.25) is 4.79 Å². The molecule has 0 bridgehead atoms. The molecule has 0 spiro atoms. The Morgan fingerprint density at radius 2 is 0.646 bits per heavy atom. The number of hydrogen-bond donors (Lipinski definition) is 24. The van der Waals surface area contributed by atoms with Crippen molar-refractivity contribution in [3.05, 3.63) is 0 Å². The third-order valence-corrected chi connectivity index (χ3v) is 17.8. The summed E-state index contributed by atoms with van der Waals surface area (Å²) in [5, 5.41) is 262. The lowest BCUT2D eigenvalue weighted by atomic mass is 9.95. The first-order valence-electron chi connectivity index (χ1n) is 30.6. The van der Waals surface area contributed by atoms with Crippen LogP contribution >= 0.6 is 0 Å². The van der Waals surface area contributed by atoms with E-state index in [1.54, 1.807) is 0 Å². The van der Waals surface area contributed by atoms with Crippen molar-refractivity contribution >= 4 is 5.97 Å². The number of esters is 1. The molecule has 9 heterocycles. The topological polar surface area (TPSA) is 669 Å². The van der Waals surface area contributed by atoms with Crippen LogP contribution in [0.1, 0.15) is 13.8 Å². The average Bonchev–Trinajstić information content (AvgIpc) is 0.789. The summed E-state index contributed by atoms with van der Waals surface area (Å²) in [4.78, 5) is 11.9. The molecule has 1 unspecified atom stereocenters. The van der Waals surface area contributed by atoms with Gasteiger partial charge in [-0.25, -0.2) is 0 Å². The lowest BCUT2D eigenvalue weighted by Crippen LogP contribution is -2.68. The molecule has 24 N–H and O–H groups in total. The zero-order chi connectivity index (χ0) is 70.2. The fourth-order valence-electron chi connectivity index (χ4n) is 11.9. The molecule has 9 aliphatic heterocycles. The van der Waals surface area contributed by atoms with Gasteiger partial charge < -0.3 is 208 Å². The van der Waals surface area contributed by atoms with Crippen molar-refractivity contribution in [1.29, 1.82) is 0 Å². The molecule has 43 nitrogen and oxygen atoms in total. The minimum atomic E-state index is -2.44. The van der Waals surface area contributed by atoms with Crippen molar-refractivity contribution in [1.82, 2.24) is 0 Å². The van der Waals surface area contributed by atoms with E-state index in [2.05, 4.69) is 0 Å². The molecule has 0 aliphatic carbocycles. The van der Waals surface area contributed by atoms with E-state index in [1.807, 2.05) is 0 Å². The van der Waals surface area contributed by atoms with Crippen LogP contribution in [0, 0.1) is 0 Å². The first-order valence-corrected chi connectivity index (χ1v) is 30.6. The molecule has 0 radical (unpaired) electrons. The van der Waals surface area contributed by atoms with Crippen LogP contribution in [0.25, 0.3) is 0 Å². The van der Waals surface area contributed by atoms with E-state index in [0.717, 1.165) is 6.92 Å². The Hall–Kier alpha value is -2.17. The molecule has 558 valence electrons.